The Balaban J connectivity index is 1.78. The first-order valence-electron chi connectivity index (χ1n) is 9.29. The molecule has 0 aromatic heterocycles. The Hall–Kier alpha value is -2.80. The van der Waals surface area contributed by atoms with Gasteiger partial charge in [-0.1, -0.05) is 46.3 Å². The molecule has 3 aromatic rings. The number of anilines is 1. The van der Waals surface area contributed by atoms with Crippen molar-refractivity contribution in [2.75, 3.05) is 12.1 Å². The number of ether oxygens (including phenoxy) is 1. The summed E-state index contributed by atoms with van der Waals surface area (Å²) in [6.07, 6.45) is -3.86. The van der Waals surface area contributed by atoms with Gasteiger partial charge < -0.3 is 4.74 Å². The second-order valence-corrected chi connectivity index (χ2v) is 7.86. The van der Waals surface area contributed by atoms with Gasteiger partial charge in [-0.25, -0.2) is 0 Å². The zero-order valence-electron chi connectivity index (χ0n) is 16.0. The molecule has 0 N–H and O–H groups in total. The summed E-state index contributed by atoms with van der Waals surface area (Å²) in [5.74, 6) is 0.689. The molecule has 1 aliphatic rings. The molecular formula is C23H18BrF3N2O. The Morgan fingerprint density at radius 3 is 2.43 bits per heavy atom. The maximum atomic E-state index is 13.3. The lowest BCUT2D eigenvalue weighted by molar-refractivity contribution is -0.137. The first kappa shape index (κ1) is 20.5. The maximum absolute atomic E-state index is 13.3. The predicted octanol–water partition coefficient (Wildman–Crippen LogP) is 6.83. The molecule has 0 amide bonds. The van der Waals surface area contributed by atoms with E-state index in [4.69, 9.17) is 9.84 Å². The lowest BCUT2D eigenvalue weighted by atomic mass is 9.98. The van der Waals surface area contributed by atoms with Crippen molar-refractivity contribution >= 4 is 27.3 Å². The first-order valence-corrected chi connectivity index (χ1v) is 10.1. The third-order valence-electron chi connectivity index (χ3n) is 5.00. The van der Waals surface area contributed by atoms with Gasteiger partial charge in [0, 0.05) is 10.9 Å². The van der Waals surface area contributed by atoms with Gasteiger partial charge in [0.2, 0.25) is 0 Å². The molecule has 0 fully saturated rings. The van der Waals surface area contributed by atoms with Crippen molar-refractivity contribution in [3.63, 3.8) is 0 Å². The van der Waals surface area contributed by atoms with Gasteiger partial charge in [0.25, 0.3) is 0 Å². The van der Waals surface area contributed by atoms with E-state index in [1.807, 2.05) is 48.5 Å². The minimum Gasteiger partial charge on any atom is -0.497 e. The number of alkyl halides is 3. The van der Waals surface area contributed by atoms with Crippen LogP contribution in [0.3, 0.4) is 0 Å². The van der Waals surface area contributed by atoms with E-state index in [1.165, 1.54) is 6.07 Å². The van der Waals surface area contributed by atoms with Crippen LogP contribution in [0.4, 0.5) is 18.9 Å². The van der Waals surface area contributed by atoms with Crippen molar-refractivity contribution in [2.24, 2.45) is 5.10 Å². The van der Waals surface area contributed by atoms with Gasteiger partial charge in [0.05, 0.1) is 30.1 Å². The van der Waals surface area contributed by atoms with Crippen LogP contribution in [0.1, 0.15) is 29.2 Å². The highest BCUT2D eigenvalue weighted by molar-refractivity contribution is 9.10. The second kappa shape index (κ2) is 8.14. The normalized spacial score (nSPS) is 16.5. The summed E-state index contributed by atoms with van der Waals surface area (Å²) < 4.78 is 46.1. The molecule has 1 atom stereocenters. The molecule has 0 saturated carbocycles. The summed E-state index contributed by atoms with van der Waals surface area (Å²) >= 11 is 3.42. The average Bonchev–Trinajstić information content (AvgIpc) is 3.19. The summed E-state index contributed by atoms with van der Waals surface area (Å²) in [6.45, 7) is 0. The number of rotatable bonds is 4. The number of benzene rings is 3. The standard InChI is InChI=1S/C23H18BrF3N2O/c1-30-20-7-2-4-16(12-20)22-14-21(15-8-10-18(24)11-9-15)28-29(22)19-6-3-5-17(13-19)23(25,26)27/h2-13,22H,14H2,1H3. The summed E-state index contributed by atoms with van der Waals surface area (Å²) in [4.78, 5) is 0. The topological polar surface area (TPSA) is 24.8 Å². The largest absolute Gasteiger partial charge is 0.497 e. The number of methoxy groups -OCH3 is 1. The molecule has 0 radical (unpaired) electrons. The van der Waals surface area contributed by atoms with Crippen LogP contribution in [-0.2, 0) is 6.18 Å². The molecule has 0 saturated heterocycles. The lowest BCUT2D eigenvalue weighted by Gasteiger charge is -2.25. The van der Waals surface area contributed by atoms with Gasteiger partial charge in [-0.15, -0.1) is 0 Å². The van der Waals surface area contributed by atoms with Gasteiger partial charge in [0.15, 0.2) is 0 Å². The Morgan fingerprint density at radius 1 is 1.00 bits per heavy atom. The molecule has 0 aliphatic carbocycles. The minimum absolute atomic E-state index is 0.248. The fourth-order valence-electron chi connectivity index (χ4n) is 3.50. The smallest absolute Gasteiger partial charge is 0.416 e. The zero-order valence-corrected chi connectivity index (χ0v) is 17.6. The molecule has 7 heteroatoms. The van der Waals surface area contributed by atoms with E-state index in [9.17, 15) is 13.2 Å². The van der Waals surface area contributed by atoms with E-state index < -0.39 is 11.7 Å². The van der Waals surface area contributed by atoms with Gasteiger partial charge in [-0.3, -0.25) is 5.01 Å². The number of nitrogens with zero attached hydrogens (tertiary/aromatic N) is 2. The number of hydrogen-bond acceptors (Lipinski definition) is 3. The molecule has 1 aliphatic heterocycles. The van der Waals surface area contributed by atoms with Crippen LogP contribution in [0, 0.1) is 0 Å². The van der Waals surface area contributed by atoms with Crippen LogP contribution < -0.4 is 9.75 Å². The maximum Gasteiger partial charge on any atom is 0.416 e. The SMILES string of the molecule is COc1cccc(C2CC(c3ccc(Br)cc3)=NN2c2cccc(C(F)(F)F)c2)c1. The third kappa shape index (κ3) is 4.21. The molecule has 0 bridgehead atoms. The Morgan fingerprint density at radius 2 is 1.73 bits per heavy atom. The van der Waals surface area contributed by atoms with E-state index in [0.717, 1.165) is 33.4 Å². The van der Waals surface area contributed by atoms with E-state index in [2.05, 4.69) is 15.9 Å². The highest BCUT2D eigenvalue weighted by Gasteiger charge is 2.34. The summed E-state index contributed by atoms with van der Waals surface area (Å²) in [5.41, 5.74) is 2.36. The van der Waals surface area contributed by atoms with Crippen molar-refractivity contribution < 1.29 is 17.9 Å². The number of halogens is 4. The van der Waals surface area contributed by atoms with Crippen LogP contribution in [0.25, 0.3) is 0 Å². The number of hydrogen-bond donors (Lipinski definition) is 0. The third-order valence-corrected chi connectivity index (χ3v) is 5.53. The highest BCUT2D eigenvalue weighted by Crippen LogP contribution is 2.39. The van der Waals surface area contributed by atoms with Crippen molar-refractivity contribution in [3.8, 4) is 5.75 Å². The summed E-state index contributed by atoms with van der Waals surface area (Å²) in [5, 5.41) is 6.39. The van der Waals surface area contributed by atoms with Crippen molar-refractivity contribution in [2.45, 2.75) is 18.6 Å². The van der Waals surface area contributed by atoms with E-state index >= 15 is 0 Å². The summed E-state index contributed by atoms with van der Waals surface area (Å²) in [7, 11) is 1.59. The minimum atomic E-state index is -4.42. The predicted molar refractivity (Wildman–Crippen MR) is 115 cm³/mol. The molecule has 3 nitrogen and oxygen atoms in total. The monoisotopic (exact) mass is 474 g/mol. The second-order valence-electron chi connectivity index (χ2n) is 6.94. The molecular weight excluding hydrogens is 457 g/mol. The number of hydrazone groups is 1. The van der Waals surface area contributed by atoms with E-state index in [1.54, 1.807) is 18.2 Å². The summed E-state index contributed by atoms with van der Waals surface area (Å²) in [6, 6.07) is 20.3. The molecule has 3 aromatic carbocycles. The average molecular weight is 475 g/mol. The van der Waals surface area contributed by atoms with Gasteiger partial charge in [-0.2, -0.15) is 18.3 Å². The van der Waals surface area contributed by atoms with Crippen molar-refractivity contribution in [1.29, 1.82) is 0 Å². The fraction of sp³-hybridized carbons (Fsp3) is 0.174. The molecule has 4 rings (SSSR count). The van der Waals surface area contributed by atoms with Gasteiger partial charge >= 0.3 is 6.18 Å². The van der Waals surface area contributed by atoms with Crippen LogP contribution >= 0.6 is 15.9 Å². The first-order chi connectivity index (χ1) is 14.3. The lowest BCUT2D eigenvalue weighted by Crippen LogP contribution is -2.19. The Kier molecular flexibility index (Phi) is 5.56. The van der Waals surface area contributed by atoms with Crippen LogP contribution in [0.5, 0.6) is 5.75 Å². The Labute approximate surface area is 180 Å². The van der Waals surface area contributed by atoms with Crippen LogP contribution in [0.2, 0.25) is 0 Å². The highest BCUT2D eigenvalue weighted by atomic mass is 79.9. The van der Waals surface area contributed by atoms with Gasteiger partial charge in [0.1, 0.15) is 5.75 Å². The van der Waals surface area contributed by atoms with Crippen molar-refractivity contribution in [3.05, 3.63) is 94.0 Å². The van der Waals surface area contributed by atoms with Crippen molar-refractivity contribution in [1.82, 2.24) is 0 Å². The van der Waals surface area contributed by atoms with Gasteiger partial charge in [-0.05, 0) is 53.6 Å². The molecule has 1 heterocycles. The molecule has 0 spiro atoms. The van der Waals surface area contributed by atoms with E-state index in [-0.39, 0.29) is 6.04 Å². The molecule has 1 unspecified atom stereocenters. The molecule has 154 valence electrons. The van der Waals surface area contributed by atoms with Crippen LogP contribution in [0.15, 0.2) is 82.4 Å². The van der Waals surface area contributed by atoms with E-state index in [0.29, 0.717) is 17.9 Å². The fourth-order valence-corrected chi connectivity index (χ4v) is 3.76. The Bertz CT molecular complexity index is 1080. The zero-order chi connectivity index (χ0) is 21.3. The quantitative estimate of drug-likeness (QED) is 0.413. The van der Waals surface area contributed by atoms with Crippen LogP contribution in [-0.4, -0.2) is 12.8 Å². The molecule has 30 heavy (non-hydrogen) atoms.